The second kappa shape index (κ2) is 5.95. The van der Waals surface area contributed by atoms with Crippen molar-refractivity contribution in [3.05, 3.63) is 35.4 Å². The fraction of sp³-hybridized carbons (Fsp3) is 0.588. The Kier molecular flexibility index (Phi) is 4.17. The van der Waals surface area contributed by atoms with Crippen LogP contribution in [0.2, 0.25) is 0 Å². The molecule has 120 valence electrons. The van der Waals surface area contributed by atoms with Gasteiger partial charge in [0, 0.05) is 6.54 Å². The van der Waals surface area contributed by atoms with Crippen molar-refractivity contribution < 1.29 is 13.6 Å². The molecule has 1 unspecified atom stereocenters. The molecule has 5 heteroatoms. The number of nitrogens with zero attached hydrogens (tertiary/aromatic N) is 1. The molecule has 0 bridgehead atoms. The van der Waals surface area contributed by atoms with Gasteiger partial charge in [-0.15, -0.1) is 0 Å². The first-order valence-electron chi connectivity index (χ1n) is 8.11. The minimum atomic E-state index is -0.868. The van der Waals surface area contributed by atoms with Crippen LogP contribution < -0.4 is 5.32 Å². The number of nitrogens with one attached hydrogen (secondary N) is 1. The van der Waals surface area contributed by atoms with Crippen LogP contribution in [0.3, 0.4) is 0 Å². The van der Waals surface area contributed by atoms with Crippen molar-refractivity contribution in [3.63, 3.8) is 0 Å². The van der Waals surface area contributed by atoms with E-state index in [0.717, 1.165) is 44.6 Å². The summed E-state index contributed by atoms with van der Waals surface area (Å²) in [7, 11) is 0. The van der Waals surface area contributed by atoms with E-state index in [1.807, 2.05) is 6.92 Å². The topological polar surface area (TPSA) is 32.3 Å². The highest BCUT2D eigenvalue weighted by molar-refractivity contribution is 5.89. The van der Waals surface area contributed by atoms with Gasteiger partial charge in [0.15, 0.2) is 11.6 Å². The molecule has 1 saturated carbocycles. The van der Waals surface area contributed by atoms with Crippen molar-refractivity contribution in [3.8, 4) is 0 Å². The van der Waals surface area contributed by atoms with Crippen LogP contribution >= 0.6 is 0 Å². The van der Waals surface area contributed by atoms with Crippen molar-refractivity contribution in [2.45, 2.75) is 57.2 Å². The van der Waals surface area contributed by atoms with Gasteiger partial charge >= 0.3 is 0 Å². The Balaban J connectivity index is 1.94. The lowest BCUT2D eigenvalue weighted by Gasteiger charge is -2.31. The van der Waals surface area contributed by atoms with Crippen molar-refractivity contribution >= 4 is 5.91 Å². The molecule has 1 spiro atoms. The zero-order chi connectivity index (χ0) is 15.7. The Labute approximate surface area is 129 Å². The van der Waals surface area contributed by atoms with E-state index in [4.69, 9.17) is 0 Å². The minimum absolute atomic E-state index is 0.115. The monoisotopic (exact) mass is 308 g/mol. The molecule has 22 heavy (non-hydrogen) atoms. The average Bonchev–Trinajstić information content (AvgIpc) is 2.77. The Morgan fingerprint density at radius 1 is 1.23 bits per heavy atom. The lowest BCUT2D eigenvalue weighted by atomic mass is 9.81. The quantitative estimate of drug-likeness (QED) is 0.927. The van der Waals surface area contributed by atoms with Crippen LogP contribution in [0.25, 0.3) is 0 Å². The largest absolute Gasteiger partial charge is 0.321 e. The summed E-state index contributed by atoms with van der Waals surface area (Å²) in [6.45, 7) is 2.64. The molecule has 1 aliphatic carbocycles. The number of hydrogen-bond acceptors (Lipinski definition) is 2. The van der Waals surface area contributed by atoms with E-state index < -0.39 is 17.2 Å². The predicted octanol–water partition coefficient (Wildman–Crippen LogP) is 3.51. The molecule has 1 amide bonds. The summed E-state index contributed by atoms with van der Waals surface area (Å²) in [6.07, 6.45) is 5.34. The van der Waals surface area contributed by atoms with Crippen LogP contribution in [0.15, 0.2) is 18.2 Å². The molecular formula is C17H22F2N2O. The standard InChI is InChI=1S/C17H22F2N2O/c1-2-10-21-15(12-6-7-13(18)14(19)11-12)20-17(16(21)22)8-4-3-5-9-17/h6-7,11,15,20H,2-5,8-10H2,1H3. The van der Waals surface area contributed by atoms with Gasteiger partial charge in [-0.2, -0.15) is 0 Å². The van der Waals surface area contributed by atoms with E-state index in [-0.39, 0.29) is 12.1 Å². The summed E-state index contributed by atoms with van der Waals surface area (Å²) in [5.74, 6) is -1.61. The zero-order valence-corrected chi connectivity index (χ0v) is 12.9. The van der Waals surface area contributed by atoms with Gasteiger partial charge < -0.3 is 4.90 Å². The van der Waals surface area contributed by atoms with Gasteiger partial charge in [-0.1, -0.05) is 32.3 Å². The molecule has 1 aliphatic heterocycles. The van der Waals surface area contributed by atoms with Gasteiger partial charge in [0.05, 0.1) is 5.54 Å². The summed E-state index contributed by atoms with van der Waals surface area (Å²) >= 11 is 0. The first kappa shape index (κ1) is 15.4. The molecule has 1 saturated heterocycles. The van der Waals surface area contributed by atoms with Gasteiger partial charge in [-0.25, -0.2) is 8.78 Å². The molecule has 2 aliphatic rings. The third-order valence-corrected chi connectivity index (χ3v) is 4.83. The van der Waals surface area contributed by atoms with E-state index in [9.17, 15) is 13.6 Å². The molecule has 1 aromatic rings. The number of halogens is 2. The van der Waals surface area contributed by atoms with E-state index in [0.29, 0.717) is 12.1 Å². The molecule has 3 nitrogen and oxygen atoms in total. The second-order valence-electron chi connectivity index (χ2n) is 6.36. The first-order chi connectivity index (χ1) is 10.6. The van der Waals surface area contributed by atoms with Crippen LogP contribution in [0, 0.1) is 11.6 Å². The van der Waals surface area contributed by atoms with Crippen LogP contribution in [0.4, 0.5) is 8.78 Å². The van der Waals surface area contributed by atoms with Crippen LogP contribution in [0.5, 0.6) is 0 Å². The van der Waals surface area contributed by atoms with E-state index >= 15 is 0 Å². The Morgan fingerprint density at radius 3 is 2.59 bits per heavy atom. The fourth-order valence-electron chi connectivity index (χ4n) is 3.72. The first-order valence-corrected chi connectivity index (χ1v) is 8.11. The van der Waals surface area contributed by atoms with Gasteiger partial charge in [-0.05, 0) is 37.0 Å². The van der Waals surface area contributed by atoms with Crippen molar-refractivity contribution in [2.24, 2.45) is 0 Å². The molecule has 1 heterocycles. The molecule has 3 rings (SSSR count). The predicted molar refractivity (Wildman–Crippen MR) is 80.1 cm³/mol. The average molecular weight is 308 g/mol. The van der Waals surface area contributed by atoms with Crippen LogP contribution in [0.1, 0.15) is 57.2 Å². The highest BCUT2D eigenvalue weighted by Gasteiger charge is 2.51. The number of amides is 1. The summed E-state index contributed by atoms with van der Waals surface area (Å²) in [4.78, 5) is 14.7. The summed E-state index contributed by atoms with van der Waals surface area (Å²) < 4.78 is 26.7. The second-order valence-corrected chi connectivity index (χ2v) is 6.36. The lowest BCUT2D eigenvalue weighted by Crippen LogP contribution is -2.48. The van der Waals surface area contributed by atoms with Crippen LogP contribution in [-0.4, -0.2) is 22.9 Å². The maximum Gasteiger partial charge on any atom is 0.244 e. The SMILES string of the molecule is CCCN1C(=O)C2(CCCCC2)NC1c1ccc(F)c(F)c1. The highest BCUT2D eigenvalue weighted by atomic mass is 19.2. The maximum atomic E-state index is 13.6. The fourth-order valence-corrected chi connectivity index (χ4v) is 3.72. The third-order valence-electron chi connectivity index (χ3n) is 4.83. The molecular weight excluding hydrogens is 286 g/mol. The third kappa shape index (κ3) is 2.51. The summed E-state index contributed by atoms with van der Waals surface area (Å²) in [5, 5.41) is 3.44. The Hall–Kier alpha value is -1.49. The lowest BCUT2D eigenvalue weighted by molar-refractivity contribution is -0.134. The van der Waals surface area contributed by atoms with Crippen molar-refractivity contribution in [1.29, 1.82) is 0 Å². The Morgan fingerprint density at radius 2 is 1.95 bits per heavy atom. The number of carbonyl (C=O) groups is 1. The number of rotatable bonds is 3. The molecule has 0 aromatic heterocycles. The van der Waals surface area contributed by atoms with Gasteiger partial charge in [-0.3, -0.25) is 10.1 Å². The smallest absolute Gasteiger partial charge is 0.244 e. The van der Waals surface area contributed by atoms with Crippen LogP contribution in [-0.2, 0) is 4.79 Å². The summed E-state index contributed by atoms with van der Waals surface area (Å²) in [6, 6.07) is 3.89. The summed E-state index contributed by atoms with van der Waals surface area (Å²) in [5.41, 5.74) is 0.103. The highest BCUT2D eigenvalue weighted by Crippen LogP contribution is 2.39. The van der Waals surface area contributed by atoms with E-state index in [1.54, 1.807) is 11.0 Å². The van der Waals surface area contributed by atoms with Gasteiger partial charge in [0.2, 0.25) is 5.91 Å². The molecule has 1 N–H and O–H groups in total. The normalized spacial score (nSPS) is 24.2. The minimum Gasteiger partial charge on any atom is -0.321 e. The van der Waals surface area contributed by atoms with E-state index in [1.165, 1.54) is 6.07 Å². The molecule has 1 aromatic carbocycles. The van der Waals surface area contributed by atoms with Gasteiger partial charge in [0.25, 0.3) is 0 Å². The Bertz CT molecular complexity index is 570. The number of carbonyl (C=O) groups excluding carboxylic acids is 1. The van der Waals surface area contributed by atoms with Gasteiger partial charge in [0.1, 0.15) is 6.17 Å². The maximum absolute atomic E-state index is 13.6. The number of benzene rings is 1. The zero-order valence-electron chi connectivity index (χ0n) is 12.9. The molecule has 1 atom stereocenters. The van der Waals surface area contributed by atoms with E-state index in [2.05, 4.69) is 5.32 Å². The number of hydrogen-bond donors (Lipinski definition) is 1. The molecule has 0 radical (unpaired) electrons. The van der Waals surface area contributed by atoms with Crippen molar-refractivity contribution in [1.82, 2.24) is 10.2 Å². The van der Waals surface area contributed by atoms with Crippen molar-refractivity contribution in [2.75, 3.05) is 6.54 Å². The molecule has 2 fully saturated rings.